The van der Waals surface area contributed by atoms with E-state index in [-0.39, 0.29) is 6.03 Å². The van der Waals surface area contributed by atoms with Crippen LogP contribution in [0.2, 0.25) is 0 Å². The molecule has 4 nitrogen and oxygen atoms in total. The third-order valence-electron chi connectivity index (χ3n) is 4.44. The standard InChI is InChI=1S/C23H25N3O/c1-3-4-7-19-8-5-6-9-22(19)26-23(27)25-21-12-10-18(11-13-21)20-14-15-24-17(2)16-20/h5-6,8-16H,3-4,7H2,1-2H3,(H2,25,26,27). The van der Waals surface area contributed by atoms with Gasteiger partial charge in [0.2, 0.25) is 0 Å². The number of carbonyl (C=O) groups is 1. The molecule has 0 atom stereocenters. The zero-order valence-corrected chi connectivity index (χ0v) is 15.8. The van der Waals surface area contributed by atoms with E-state index in [1.165, 1.54) is 0 Å². The van der Waals surface area contributed by atoms with E-state index in [0.29, 0.717) is 0 Å². The van der Waals surface area contributed by atoms with Crippen molar-refractivity contribution in [1.82, 2.24) is 4.98 Å². The Morgan fingerprint density at radius 3 is 2.48 bits per heavy atom. The van der Waals surface area contributed by atoms with Gasteiger partial charge in [0.15, 0.2) is 0 Å². The van der Waals surface area contributed by atoms with Gasteiger partial charge < -0.3 is 10.6 Å². The normalized spacial score (nSPS) is 10.4. The van der Waals surface area contributed by atoms with Crippen molar-refractivity contribution in [1.29, 1.82) is 0 Å². The molecule has 0 aliphatic rings. The molecule has 0 radical (unpaired) electrons. The van der Waals surface area contributed by atoms with Gasteiger partial charge in [0.1, 0.15) is 0 Å². The lowest BCUT2D eigenvalue weighted by Crippen LogP contribution is -2.20. The van der Waals surface area contributed by atoms with Crippen LogP contribution in [0, 0.1) is 6.92 Å². The molecular weight excluding hydrogens is 334 g/mol. The summed E-state index contributed by atoms with van der Waals surface area (Å²) in [5, 5.41) is 5.86. The Morgan fingerprint density at radius 1 is 0.963 bits per heavy atom. The summed E-state index contributed by atoms with van der Waals surface area (Å²) in [4.78, 5) is 16.6. The first-order chi connectivity index (χ1) is 13.2. The number of anilines is 2. The lowest BCUT2D eigenvalue weighted by molar-refractivity contribution is 0.262. The number of carbonyl (C=O) groups excluding carboxylic acids is 1. The zero-order valence-electron chi connectivity index (χ0n) is 15.8. The molecule has 1 heterocycles. The summed E-state index contributed by atoms with van der Waals surface area (Å²) < 4.78 is 0. The van der Waals surface area contributed by atoms with Gasteiger partial charge in [-0.25, -0.2) is 4.79 Å². The van der Waals surface area contributed by atoms with Crippen LogP contribution in [-0.4, -0.2) is 11.0 Å². The predicted octanol–water partition coefficient (Wildman–Crippen LogP) is 6.04. The van der Waals surface area contributed by atoms with Crippen molar-refractivity contribution >= 4 is 17.4 Å². The Labute approximate surface area is 160 Å². The first-order valence-electron chi connectivity index (χ1n) is 9.34. The maximum atomic E-state index is 12.4. The molecule has 0 fully saturated rings. The van der Waals surface area contributed by atoms with E-state index >= 15 is 0 Å². The maximum absolute atomic E-state index is 12.4. The molecule has 2 amide bonds. The van der Waals surface area contributed by atoms with Gasteiger partial charge in [-0.05, 0) is 66.8 Å². The van der Waals surface area contributed by atoms with Gasteiger partial charge in [-0.15, -0.1) is 0 Å². The van der Waals surface area contributed by atoms with Gasteiger partial charge in [0.05, 0.1) is 0 Å². The van der Waals surface area contributed by atoms with Crippen molar-refractivity contribution in [3.8, 4) is 11.1 Å². The molecule has 138 valence electrons. The van der Waals surface area contributed by atoms with Crippen molar-refractivity contribution in [3.63, 3.8) is 0 Å². The van der Waals surface area contributed by atoms with Crippen LogP contribution in [0.4, 0.5) is 16.2 Å². The maximum Gasteiger partial charge on any atom is 0.323 e. The lowest BCUT2D eigenvalue weighted by atomic mass is 10.1. The SMILES string of the molecule is CCCCc1ccccc1NC(=O)Nc1ccc(-c2ccnc(C)c2)cc1. The second kappa shape index (κ2) is 8.99. The molecule has 0 unspecified atom stereocenters. The van der Waals surface area contributed by atoms with Crippen LogP contribution in [0.1, 0.15) is 31.0 Å². The van der Waals surface area contributed by atoms with Gasteiger partial charge in [-0.2, -0.15) is 0 Å². The monoisotopic (exact) mass is 359 g/mol. The largest absolute Gasteiger partial charge is 0.323 e. The van der Waals surface area contributed by atoms with Crippen LogP contribution >= 0.6 is 0 Å². The Bertz CT molecular complexity index is 904. The minimum atomic E-state index is -0.230. The molecule has 0 bridgehead atoms. The number of para-hydroxylation sites is 1. The van der Waals surface area contributed by atoms with Crippen molar-refractivity contribution in [2.24, 2.45) is 0 Å². The molecule has 1 aromatic heterocycles. The summed E-state index contributed by atoms with van der Waals surface area (Å²) in [7, 11) is 0. The number of aryl methyl sites for hydroxylation is 2. The van der Waals surface area contributed by atoms with Crippen LogP contribution in [0.5, 0.6) is 0 Å². The molecule has 4 heteroatoms. The fourth-order valence-electron chi connectivity index (χ4n) is 2.98. The lowest BCUT2D eigenvalue weighted by Gasteiger charge is -2.12. The number of rotatable bonds is 6. The van der Waals surface area contributed by atoms with Crippen molar-refractivity contribution in [3.05, 3.63) is 78.1 Å². The highest BCUT2D eigenvalue weighted by Gasteiger charge is 2.07. The topological polar surface area (TPSA) is 54.0 Å². The summed E-state index contributed by atoms with van der Waals surface area (Å²) in [6.45, 7) is 4.14. The summed E-state index contributed by atoms with van der Waals surface area (Å²) in [5.74, 6) is 0. The molecule has 27 heavy (non-hydrogen) atoms. The van der Waals surface area contributed by atoms with Gasteiger partial charge in [0, 0.05) is 23.3 Å². The van der Waals surface area contributed by atoms with Crippen molar-refractivity contribution < 1.29 is 4.79 Å². The second-order valence-corrected chi connectivity index (χ2v) is 6.60. The van der Waals surface area contributed by atoms with Gasteiger partial charge in [0.25, 0.3) is 0 Å². The number of amides is 2. The number of aromatic nitrogens is 1. The molecule has 2 aromatic carbocycles. The molecule has 0 spiro atoms. The molecule has 0 saturated carbocycles. The first kappa shape index (κ1) is 18.6. The quantitative estimate of drug-likeness (QED) is 0.563. The van der Waals surface area contributed by atoms with E-state index in [1.54, 1.807) is 6.20 Å². The number of nitrogens with zero attached hydrogens (tertiary/aromatic N) is 1. The molecule has 2 N–H and O–H groups in total. The first-order valence-corrected chi connectivity index (χ1v) is 9.34. The van der Waals surface area contributed by atoms with E-state index in [4.69, 9.17) is 0 Å². The van der Waals surface area contributed by atoms with E-state index in [0.717, 1.165) is 53.0 Å². The third kappa shape index (κ3) is 5.17. The minimum absolute atomic E-state index is 0.230. The van der Waals surface area contributed by atoms with Crippen molar-refractivity contribution in [2.45, 2.75) is 33.1 Å². The minimum Gasteiger partial charge on any atom is -0.308 e. The Hall–Kier alpha value is -3.14. The van der Waals surface area contributed by atoms with E-state index in [1.807, 2.05) is 61.5 Å². The number of pyridine rings is 1. The smallest absolute Gasteiger partial charge is 0.308 e. The molecule has 0 aliphatic carbocycles. The van der Waals surface area contributed by atoms with E-state index < -0.39 is 0 Å². The Morgan fingerprint density at radius 2 is 1.74 bits per heavy atom. The van der Waals surface area contributed by atoms with Gasteiger partial charge in [-0.3, -0.25) is 4.98 Å². The third-order valence-corrected chi connectivity index (χ3v) is 4.44. The average Bonchev–Trinajstić information content (AvgIpc) is 2.68. The van der Waals surface area contributed by atoms with Crippen LogP contribution in [0.15, 0.2) is 66.9 Å². The molecule has 0 aliphatic heterocycles. The highest BCUT2D eigenvalue weighted by atomic mass is 16.2. The summed E-state index contributed by atoms with van der Waals surface area (Å²) in [6, 6.07) is 19.6. The van der Waals surface area contributed by atoms with Gasteiger partial charge in [-0.1, -0.05) is 43.7 Å². The highest BCUT2D eigenvalue weighted by Crippen LogP contribution is 2.22. The van der Waals surface area contributed by atoms with Crippen molar-refractivity contribution in [2.75, 3.05) is 10.6 Å². The zero-order chi connectivity index (χ0) is 19.1. The summed E-state index contributed by atoms with van der Waals surface area (Å²) in [5.41, 5.74) is 5.98. The van der Waals surface area contributed by atoms with Crippen LogP contribution in [0.25, 0.3) is 11.1 Å². The Kier molecular flexibility index (Phi) is 6.21. The van der Waals surface area contributed by atoms with Crippen LogP contribution < -0.4 is 10.6 Å². The van der Waals surface area contributed by atoms with Gasteiger partial charge >= 0.3 is 6.03 Å². The van der Waals surface area contributed by atoms with Crippen LogP contribution in [0.3, 0.4) is 0 Å². The second-order valence-electron chi connectivity index (χ2n) is 6.60. The number of unbranched alkanes of at least 4 members (excludes halogenated alkanes) is 1. The average molecular weight is 359 g/mol. The molecular formula is C23H25N3O. The number of benzene rings is 2. The number of hydrogen-bond donors (Lipinski definition) is 2. The molecule has 3 aromatic rings. The summed E-state index contributed by atoms with van der Waals surface area (Å²) >= 11 is 0. The van der Waals surface area contributed by atoms with Crippen LogP contribution in [-0.2, 0) is 6.42 Å². The Balaban J connectivity index is 1.65. The van der Waals surface area contributed by atoms with E-state index in [2.05, 4.69) is 28.6 Å². The predicted molar refractivity (Wildman–Crippen MR) is 112 cm³/mol. The fourth-order valence-corrected chi connectivity index (χ4v) is 2.98. The highest BCUT2D eigenvalue weighted by molar-refractivity contribution is 6.00. The van der Waals surface area contributed by atoms with E-state index in [9.17, 15) is 4.79 Å². The fraction of sp³-hybridized carbons (Fsp3) is 0.217. The number of hydrogen-bond acceptors (Lipinski definition) is 2. The summed E-state index contributed by atoms with van der Waals surface area (Å²) in [6.07, 6.45) is 5.01. The number of nitrogens with one attached hydrogen (secondary N) is 2. The number of urea groups is 1. The molecule has 0 saturated heterocycles. The molecule has 3 rings (SSSR count).